The molecule has 1 aromatic carbocycles. The minimum absolute atomic E-state index is 0.278. The fourth-order valence-electron chi connectivity index (χ4n) is 3.40. The first-order valence-electron chi connectivity index (χ1n) is 9.40. The fraction of sp³-hybridized carbons (Fsp3) is 0.429. The lowest BCUT2D eigenvalue weighted by Crippen LogP contribution is -2.46. The summed E-state index contributed by atoms with van der Waals surface area (Å²) >= 11 is 0. The van der Waals surface area contributed by atoms with Gasteiger partial charge < -0.3 is 20.1 Å². The number of para-hydroxylation sites is 2. The Balaban J connectivity index is 1.34. The first-order valence-corrected chi connectivity index (χ1v) is 9.40. The summed E-state index contributed by atoms with van der Waals surface area (Å²) in [6, 6.07) is 8.24. The van der Waals surface area contributed by atoms with Crippen LogP contribution in [0.4, 0.5) is 5.69 Å². The maximum absolute atomic E-state index is 9.92. The van der Waals surface area contributed by atoms with Crippen LogP contribution in [0, 0.1) is 0 Å². The second-order valence-corrected chi connectivity index (χ2v) is 6.66. The smallest absolute Gasteiger partial charge is 0.191 e. The minimum Gasteiger partial charge on any atom is -0.495 e. The van der Waals surface area contributed by atoms with E-state index in [1.807, 2.05) is 36.4 Å². The molecule has 0 unspecified atom stereocenters. The van der Waals surface area contributed by atoms with Gasteiger partial charge in [-0.05, 0) is 43.7 Å². The average molecular weight is 355 g/mol. The zero-order valence-electron chi connectivity index (χ0n) is 15.5. The van der Waals surface area contributed by atoms with Crippen molar-refractivity contribution in [2.75, 3.05) is 51.3 Å². The van der Waals surface area contributed by atoms with Gasteiger partial charge in [0, 0.05) is 38.3 Å². The van der Waals surface area contributed by atoms with E-state index in [1.54, 1.807) is 7.11 Å². The summed E-state index contributed by atoms with van der Waals surface area (Å²) < 4.78 is 5.48. The summed E-state index contributed by atoms with van der Waals surface area (Å²) in [4.78, 5) is 4.93. The third-order valence-electron chi connectivity index (χ3n) is 4.93. The van der Waals surface area contributed by atoms with Crippen molar-refractivity contribution in [3.05, 3.63) is 60.0 Å². The summed E-state index contributed by atoms with van der Waals surface area (Å²) in [5.41, 5.74) is 2.05. The molecule has 1 heterocycles. The van der Waals surface area contributed by atoms with Gasteiger partial charge in [0.15, 0.2) is 5.88 Å². The van der Waals surface area contributed by atoms with Gasteiger partial charge in [0.05, 0.1) is 12.8 Å². The van der Waals surface area contributed by atoms with Crippen LogP contribution in [-0.4, -0.2) is 56.4 Å². The normalized spacial score (nSPS) is 17.0. The van der Waals surface area contributed by atoms with Gasteiger partial charge in [-0.1, -0.05) is 24.3 Å². The second kappa shape index (κ2) is 9.34. The van der Waals surface area contributed by atoms with Gasteiger partial charge in [0.1, 0.15) is 5.75 Å². The van der Waals surface area contributed by atoms with Crippen LogP contribution in [0.15, 0.2) is 60.0 Å². The minimum atomic E-state index is 0.278. The van der Waals surface area contributed by atoms with Crippen molar-refractivity contribution in [1.29, 1.82) is 0 Å². The third-order valence-corrected chi connectivity index (χ3v) is 4.93. The van der Waals surface area contributed by atoms with E-state index in [9.17, 15) is 5.11 Å². The van der Waals surface area contributed by atoms with Crippen molar-refractivity contribution in [2.24, 2.45) is 0 Å². The van der Waals surface area contributed by atoms with Crippen LogP contribution in [0.5, 0.6) is 5.75 Å². The molecule has 2 N–H and O–H groups in total. The Morgan fingerprint density at radius 1 is 1.08 bits per heavy atom. The van der Waals surface area contributed by atoms with Crippen LogP contribution in [0.2, 0.25) is 0 Å². The van der Waals surface area contributed by atoms with Crippen molar-refractivity contribution in [2.45, 2.75) is 12.8 Å². The lowest BCUT2D eigenvalue weighted by atomic mass is 10.2. The van der Waals surface area contributed by atoms with Gasteiger partial charge in [-0.3, -0.25) is 4.90 Å². The number of hydrogen-bond acceptors (Lipinski definition) is 5. The molecule has 2 aliphatic rings. The van der Waals surface area contributed by atoms with Crippen LogP contribution in [0.25, 0.3) is 0 Å². The lowest BCUT2D eigenvalue weighted by molar-refractivity contribution is 0.251. The number of hydrogen-bond donors (Lipinski definition) is 2. The highest BCUT2D eigenvalue weighted by molar-refractivity contribution is 5.58. The zero-order chi connectivity index (χ0) is 18.2. The van der Waals surface area contributed by atoms with Crippen molar-refractivity contribution in [1.82, 2.24) is 10.2 Å². The molecule has 140 valence electrons. The highest BCUT2D eigenvalue weighted by Crippen LogP contribution is 2.28. The molecule has 0 bridgehead atoms. The predicted octanol–water partition coefficient (Wildman–Crippen LogP) is 3.08. The van der Waals surface area contributed by atoms with Crippen LogP contribution >= 0.6 is 0 Å². The molecular weight excluding hydrogens is 326 g/mol. The van der Waals surface area contributed by atoms with Gasteiger partial charge in [-0.15, -0.1) is 0 Å². The number of aliphatic hydroxyl groups is 1. The van der Waals surface area contributed by atoms with E-state index in [4.69, 9.17) is 4.74 Å². The van der Waals surface area contributed by atoms with E-state index < -0.39 is 0 Å². The van der Waals surface area contributed by atoms with E-state index in [1.165, 1.54) is 5.69 Å². The van der Waals surface area contributed by atoms with Gasteiger partial charge >= 0.3 is 0 Å². The van der Waals surface area contributed by atoms with E-state index in [0.717, 1.165) is 63.4 Å². The van der Waals surface area contributed by atoms with E-state index in [2.05, 4.69) is 27.2 Å². The second-order valence-electron chi connectivity index (χ2n) is 6.66. The molecule has 0 spiro atoms. The Bertz CT molecular complexity index is 660. The Morgan fingerprint density at radius 2 is 1.81 bits per heavy atom. The SMILES string of the molecule is COc1ccccc1N1CCN(CCCCNC(O)=C2C=CC=C2)CC1. The summed E-state index contributed by atoms with van der Waals surface area (Å²) in [5.74, 6) is 1.23. The summed E-state index contributed by atoms with van der Waals surface area (Å²) in [6.45, 7) is 6.14. The predicted molar refractivity (Wildman–Crippen MR) is 107 cm³/mol. The Labute approximate surface area is 156 Å². The van der Waals surface area contributed by atoms with E-state index >= 15 is 0 Å². The average Bonchev–Trinajstić information content (AvgIpc) is 3.23. The third kappa shape index (κ3) is 4.82. The molecule has 3 rings (SSSR count). The molecule has 0 amide bonds. The molecule has 26 heavy (non-hydrogen) atoms. The van der Waals surface area contributed by atoms with Crippen LogP contribution in [-0.2, 0) is 0 Å². The van der Waals surface area contributed by atoms with Gasteiger partial charge in [-0.2, -0.15) is 0 Å². The molecule has 1 fully saturated rings. The Kier molecular flexibility index (Phi) is 6.61. The molecule has 0 aromatic heterocycles. The molecule has 5 nitrogen and oxygen atoms in total. The quantitative estimate of drug-likeness (QED) is 0.554. The number of ether oxygens (including phenoxy) is 1. The number of nitrogens with one attached hydrogen (secondary N) is 1. The number of anilines is 1. The summed E-state index contributed by atoms with van der Waals surface area (Å²) in [5, 5.41) is 13.0. The number of piperazine rings is 1. The van der Waals surface area contributed by atoms with E-state index in [-0.39, 0.29) is 5.88 Å². The molecular formula is C21H29N3O2. The molecule has 0 saturated carbocycles. The highest BCUT2D eigenvalue weighted by atomic mass is 16.5. The van der Waals surface area contributed by atoms with Crippen molar-refractivity contribution >= 4 is 5.69 Å². The maximum Gasteiger partial charge on any atom is 0.191 e. The fourth-order valence-corrected chi connectivity index (χ4v) is 3.40. The number of benzene rings is 1. The monoisotopic (exact) mass is 355 g/mol. The van der Waals surface area contributed by atoms with Crippen molar-refractivity contribution in [3.8, 4) is 5.75 Å². The molecule has 1 aliphatic carbocycles. The maximum atomic E-state index is 9.92. The lowest BCUT2D eigenvalue weighted by Gasteiger charge is -2.36. The molecule has 0 atom stereocenters. The van der Waals surface area contributed by atoms with E-state index in [0.29, 0.717) is 0 Å². The number of allylic oxidation sites excluding steroid dienone is 5. The Hall–Kier alpha value is -2.40. The first kappa shape index (κ1) is 18.4. The van der Waals surface area contributed by atoms with Crippen LogP contribution < -0.4 is 15.0 Å². The van der Waals surface area contributed by atoms with Crippen molar-refractivity contribution < 1.29 is 9.84 Å². The van der Waals surface area contributed by atoms with Gasteiger partial charge in [0.2, 0.25) is 0 Å². The van der Waals surface area contributed by atoms with Gasteiger partial charge in [0.25, 0.3) is 0 Å². The van der Waals surface area contributed by atoms with Crippen LogP contribution in [0.1, 0.15) is 12.8 Å². The van der Waals surface area contributed by atoms with Gasteiger partial charge in [-0.25, -0.2) is 0 Å². The molecule has 1 aromatic rings. The number of methoxy groups -OCH3 is 1. The number of rotatable bonds is 8. The Morgan fingerprint density at radius 3 is 2.54 bits per heavy atom. The zero-order valence-corrected chi connectivity index (χ0v) is 15.5. The topological polar surface area (TPSA) is 48.0 Å². The van der Waals surface area contributed by atoms with Crippen molar-refractivity contribution in [3.63, 3.8) is 0 Å². The summed E-state index contributed by atoms with van der Waals surface area (Å²) in [7, 11) is 1.73. The first-order chi connectivity index (χ1) is 12.8. The molecule has 0 radical (unpaired) electrons. The number of nitrogens with zero attached hydrogens (tertiary/aromatic N) is 2. The highest BCUT2D eigenvalue weighted by Gasteiger charge is 2.18. The molecule has 5 heteroatoms. The molecule has 1 saturated heterocycles. The number of unbranched alkanes of at least 4 members (excludes halogenated alkanes) is 1. The summed E-state index contributed by atoms with van der Waals surface area (Å²) in [6.07, 6.45) is 9.86. The largest absolute Gasteiger partial charge is 0.495 e. The number of aliphatic hydroxyl groups excluding tert-OH is 1. The standard InChI is InChI=1S/C21H29N3O2/c1-26-20-11-5-4-10-19(20)24-16-14-23(15-17-24)13-7-6-12-22-21(25)18-8-2-3-9-18/h2-5,8-11,22,25H,6-7,12-17H2,1H3. The molecule has 1 aliphatic heterocycles. The van der Waals surface area contributed by atoms with Crippen LogP contribution in [0.3, 0.4) is 0 Å².